The van der Waals surface area contributed by atoms with E-state index in [0.717, 1.165) is 29.3 Å². The van der Waals surface area contributed by atoms with Crippen LogP contribution in [0.25, 0.3) is 0 Å². The molecule has 0 aliphatic heterocycles. The molecule has 20 heavy (non-hydrogen) atoms. The van der Waals surface area contributed by atoms with E-state index in [0.29, 0.717) is 0 Å². The lowest BCUT2D eigenvalue weighted by atomic mass is 10.2. The molecule has 106 valence electrons. The summed E-state index contributed by atoms with van der Waals surface area (Å²) in [6, 6.07) is 8.71. The number of halogens is 1. The zero-order chi connectivity index (χ0) is 13.9. The molecule has 1 aromatic carbocycles. The highest BCUT2D eigenvalue weighted by atomic mass is 35.5. The third-order valence-corrected chi connectivity index (χ3v) is 4.71. The molecular weight excluding hydrogens is 290 g/mol. The monoisotopic (exact) mass is 307 g/mol. The predicted molar refractivity (Wildman–Crippen MR) is 85.5 cm³/mol. The summed E-state index contributed by atoms with van der Waals surface area (Å²) in [5, 5.41) is 5.36. The standard InChI is InChI=1S/C15H18ClN3S/c1-19(10-11-2-4-12(16)5-3-11)15-18-9-14(20-15)8-17-13-6-7-13/h2-5,9,13,17H,6-8,10H2,1H3. The van der Waals surface area contributed by atoms with Crippen molar-refractivity contribution in [2.75, 3.05) is 11.9 Å². The number of anilines is 1. The van der Waals surface area contributed by atoms with Gasteiger partial charge < -0.3 is 10.2 Å². The van der Waals surface area contributed by atoms with Crippen molar-refractivity contribution in [3.8, 4) is 0 Å². The smallest absolute Gasteiger partial charge is 0.185 e. The third kappa shape index (κ3) is 3.72. The number of rotatable bonds is 6. The molecule has 0 saturated heterocycles. The highest BCUT2D eigenvalue weighted by molar-refractivity contribution is 7.15. The first-order chi connectivity index (χ1) is 9.70. The van der Waals surface area contributed by atoms with Gasteiger partial charge in [0.25, 0.3) is 0 Å². The van der Waals surface area contributed by atoms with E-state index in [9.17, 15) is 0 Å². The summed E-state index contributed by atoms with van der Waals surface area (Å²) in [5.74, 6) is 0. The van der Waals surface area contributed by atoms with Gasteiger partial charge in [-0.05, 0) is 30.5 Å². The summed E-state index contributed by atoms with van der Waals surface area (Å²) < 4.78 is 0. The molecule has 0 unspecified atom stereocenters. The highest BCUT2D eigenvalue weighted by Crippen LogP contribution is 2.25. The second kappa shape index (κ2) is 6.12. The van der Waals surface area contributed by atoms with Crippen LogP contribution < -0.4 is 10.2 Å². The maximum absolute atomic E-state index is 5.90. The predicted octanol–water partition coefficient (Wildman–Crippen LogP) is 3.68. The van der Waals surface area contributed by atoms with Crippen LogP contribution in [0.1, 0.15) is 23.3 Å². The molecule has 0 spiro atoms. The van der Waals surface area contributed by atoms with E-state index >= 15 is 0 Å². The van der Waals surface area contributed by atoms with Crippen LogP contribution in [-0.4, -0.2) is 18.1 Å². The largest absolute Gasteiger partial charge is 0.347 e. The van der Waals surface area contributed by atoms with Crippen molar-refractivity contribution in [3.63, 3.8) is 0 Å². The summed E-state index contributed by atoms with van der Waals surface area (Å²) >= 11 is 7.66. The van der Waals surface area contributed by atoms with Crippen molar-refractivity contribution in [3.05, 3.63) is 45.9 Å². The molecule has 1 N–H and O–H groups in total. The summed E-state index contributed by atoms with van der Waals surface area (Å²) in [6.45, 7) is 1.79. The van der Waals surface area contributed by atoms with Crippen LogP contribution in [0, 0.1) is 0 Å². The molecule has 0 radical (unpaired) electrons. The molecule has 1 aromatic heterocycles. The minimum Gasteiger partial charge on any atom is -0.347 e. The van der Waals surface area contributed by atoms with Crippen LogP contribution in [0.4, 0.5) is 5.13 Å². The van der Waals surface area contributed by atoms with Gasteiger partial charge in [0.15, 0.2) is 5.13 Å². The summed E-state index contributed by atoms with van der Waals surface area (Å²) in [4.78, 5) is 7.98. The normalized spacial score (nSPS) is 14.5. The van der Waals surface area contributed by atoms with Crippen molar-refractivity contribution in [1.29, 1.82) is 0 Å². The Balaban J connectivity index is 1.58. The van der Waals surface area contributed by atoms with Crippen molar-refractivity contribution in [1.82, 2.24) is 10.3 Å². The topological polar surface area (TPSA) is 28.2 Å². The lowest BCUT2D eigenvalue weighted by molar-refractivity contribution is 0.694. The molecule has 1 fully saturated rings. The molecule has 1 heterocycles. The van der Waals surface area contributed by atoms with E-state index in [-0.39, 0.29) is 0 Å². The molecule has 0 amide bonds. The Labute approximate surface area is 128 Å². The highest BCUT2D eigenvalue weighted by Gasteiger charge is 2.20. The first kappa shape index (κ1) is 13.9. The average Bonchev–Trinajstić information content (AvgIpc) is 3.15. The maximum atomic E-state index is 5.90. The van der Waals surface area contributed by atoms with Crippen LogP contribution in [-0.2, 0) is 13.1 Å². The zero-order valence-electron chi connectivity index (χ0n) is 11.5. The van der Waals surface area contributed by atoms with Gasteiger partial charge in [-0.15, -0.1) is 11.3 Å². The molecule has 3 rings (SSSR count). The molecule has 1 aliphatic carbocycles. The number of benzene rings is 1. The van der Waals surface area contributed by atoms with Crippen LogP contribution in [0.2, 0.25) is 5.02 Å². The van der Waals surface area contributed by atoms with Gasteiger partial charge in [-0.1, -0.05) is 23.7 Å². The molecule has 0 atom stereocenters. The summed E-state index contributed by atoms with van der Waals surface area (Å²) in [7, 11) is 2.07. The molecule has 5 heteroatoms. The fourth-order valence-corrected chi connectivity index (χ4v) is 2.97. The molecule has 0 bridgehead atoms. The van der Waals surface area contributed by atoms with E-state index in [1.807, 2.05) is 18.3 Å². The fraction of sp³-hybridized carbons (Fsp3) is 0.400. The van der Waals surface area contributed by atoms with Crippen molar-refractivity contribution in [2.45, 2.75) is 32.0 Å². The Kier molecular flexibility index (Phi) is 4.24. The molecule has 3 nitrogen and oxygen atoms in total. The lowest BCUT2D eigenvalue weighted by Gasteiger charge is -2.15. The van der Waals surface area contributed by atoms with Crippen molar-refractivity contribution in [2.24, 2.45) is 0 Å². The van der Waals surface area contributed by atoms with Gasteiger partial charge in [0.2, 0.25) is 0 Å². The van der Waals surface area contributed by atoms with E-state index in [4.69, 9.17) is 11.6 Å². The number of nitrogens with one attached hydrogen (secondary N) is 1. The fourth-order valence-electron chi connectivity index (χ4n) is 2.02. The van der Waals surface area contributed by atoms with Gasteiger partial charge in [0.05, 0.1) is 0 Å². The van der Waals surface area contributed by atoms with Gasteiger partial charge in [0, 0.05) is 42.3 Å². The van der Waals surface area contributed by atoms with Gasteiger partial charge in [0.1, 0.15) is 0 Å². The lowest BCUT2D eigenvalue weighted by Crippen LogP contribution is -2.16. The van der Waals surface area contributed by atoms with E-state index < -0.39 is 0 Å². The molecule has 1 saturated carbocycles. The van der Waals surface area contributed by atoms with Crippen LogP contribution >= 0.6 is 22.9 Å². The number of aromatic nitrogens is 1. The maximum Gasteiger partial charge on any atom is 0.185 e. The summed E-state index contributed by atoms with van der Waals surface area (Å²) in [6.07, 6.45) is 4.62. The first-order valence-electron chi connectivity index (χ1n) is 6.84. The minimum atomic E-state index is 0.743. The number of hydrogen-bond donors (Lipinski definition) is 1. The molecular formula is C15H18ClN3S. The quantitative estimate of drug-likeness (QED) is 0.882. The number of nitrogens with zero attached hydrogens (tertiary/aromatic N) is 2. The minimum absolute atomic E-state index is 0.743. The van der Waals surface area contributed by atoms with Gasteiger partial charge in [-0.3, -0.25) is 0 Å². The Morgan fingerprint density at radius 1 is 1.35 bits per heavy atom. The second-order valence-corrected chi connectivity index (χ2v) is 6.78. The van der Waals surface area contributed by atoms with E-state index in [1.54, 1.807) is 11.3 Å². The summed E-state index contributed by atoms with van der Waals surface area (Å²) in [5.41, 5.74) is 1.24. The van der Waals surface area contributed by atoms with Crippen molar-refractivity contribution < 1.29 is 0 Å². The average molecular weight is 308 g/mol. The Hall–Kier alpha value is -1.10. The van der Waals surface area contributed by atoms with Crippen LogP contribution in [0.3, 0.4) is 0 Å². The van der Waals surface area contributed by atoms with E-state index in [1.165, 1.54) is 23.3 Å². The van der Waals surface area contributed by atoms with Crippen LogP contribution in [0.5, 0.6) is 0 Å². The Morgan fingerprint density at radius 2 is 2.10 bits per heavy atom. The third-order valence-electron chi connectivity index (χ3n) is 3.34. The molecule has 1 aliphatic rings. The first-order valence-corrected chi connectivity index (χ1v) is 8.04. The molecule has 2 aromatic rings. The van der Waals surface area contributed by atoms with Gasteiger partial charge in [-0.25, -0.2) is 4.98 Å². The SMILES string of the molecule is CN(Cc1ccc(Cl)cc1)c1ncc(CNC2CC2)s1. The van der Waals surface area contributed by atoms with Gasteiger partial charge in [-0.2, -0.15) is 0 Å². The zero-order valence-corrected chi connectivity index (χ0v) is 13.0. The van der Waals surface area contributed by atoms with Crippen molar-refractivity contribution >= 4 is 28.1 Å². The van der Waals surface area contributed by atoms with Gasteiger partial charge >= 0.3 is 0 Å². The number of thiazole rings is 1. The van der Waals surface area contributed by atoms with E-state index in [2.05, 4.69) is 34.4 Å². The second-order valence-electron chi connectivity index (χ2n) is 5.25. The Morgan fingerprint density at radius 3 is 2.80 bits per heavy atom. The Bertz CT molecular complexity index is 563. The number of hydrogen-bond acceptors (Lipinski definition) is 4. The van der Waals surface area contributed by atoms with Crippen LogP contribution in [0.15, 0.2) is 30.5 Å².